The number of rotatable bonds is 5. The van der Waals surface area contributed by atoms with Crippen LogP contribution in [0.15, 0.2) is 66.2 Å². The van der Waals surface area contributed by atoms with E-state index in [1.807, 2.05) is 74.5 Å². The van der Waals surface area contributed by atoms with Gasteiger partial charge in [0.15, 0.2) is 0 Å². The third kappa shape index (κ3) is 3.62. The number of fused-ring (bicyclic) bond motifs is 1. The minimum Gasteiger partial charge on any atom is -0.507 e. The molecule has 5 nitrogen and oxygen atoms in total. The first-order valence-electron chi connectivity index (χ1n) is 10.3. The van der Waals surface area contributed by atoms with E-state index in [9.17, 15) is 14.7 Å². The van der Waals surface area contributed by atoms with Crippen LogP contribution in [0.2, 0.25) is 0 Å². The fourth-order valence-corrected chi connectivity index (χ4v) is 4.25. The van der Waals surface area contributed by atoms with Crippen molar-refractivity contribution in [1.82, 2.24) is 4.90 Å². The van der Waals surface area contributed by atoms with Crippen LogP contribution in [0.4, 0.5) is 0 Å². The van der Waals surface area contributed by atoms with Crippen LogP contribution >= 0.6 is 0 Å². The summed E-state index contributed by atoms with van der Waals surface area (Å²) >= 11 is 0. The van der Waals surface area contributed by atoms with Gasteiger partial charge in [-0.05, 0) is 41.8 Å². The predicted octanol–water partition coefficient (Wildman–Crippen LogP) is 4.52. The van der Waals surface area contributed by atoms with Crippen LogP contribution < -0.4 is 0 Å². The maximum absolute atomic E-state index is 13.2. The zero-order valence-electron chi connectivity index (χ0n) is 17.9. The van der Waals surface area contributed by atoms with Crippen LogP contribution in [0, 0.1) is 13.8 Å². The maximum Gasteiger partial charge on any atom is 0.295 e. The van der Waals surface area contributed by atoms with Gasteiger partial charge in [0, 0.05) is 19.2 Å². The van der Waals surface area contributed by atoms with E-state index in [2.05, 4.69) is 0 Å². The number of carbonyl (C=O) groups is 2. The van der Waals surface area contributed by atoms with Gasteiger partial charge < -0.3 is 14.7 Å². The minimum absolute atomic E-state index is 0.117. The lowest BCUT2D eigenvalue weighted by molar-refractivity contribution is -0.140. The fraction of sp³-hybridized carbons (Fsp3) is 0.231. The molecule has 0 aromatic heterocycles. The second kappa shape index (κ2) is 8.36. The Kier molecular flexibility index (Phi) is 5.61. The molecule has 1 amide bonds. The molecule has 0 saturated carbocycles. The number of amides is 1. The number of likely N-dealkylation sites (tertiary alicyclic amines) is 1. The second-order valence-corrected chi connectivity index (χ2v) is 7.87. The Labute approximate surface area is 181 Å². The summed E-state index contributed by atoms with van der Waals surface area (Å²) in [6, 6.07) is 18.6. The van der Waals surface area contributed by atoms with Crippen molar-refractivity contribution in [1.29, 1.82) is 0 Å². The molecule has 158 valence electrons. The van der Waals surface area contributed by atoms with E-state index in [1.165, 1.54) is 4.90 Å². The number of aliphatic hydroxyl groups is 1. The molecule has 1 saturated heterocycles. The van der Waals surface area contributed by atoms with Crippen LogP contribution in [-0.4, -0.2) is 42.0 Å². The highest BCUT2D eigenvalue weighted by molar-refractivity contribution is 6.46. The number of methoxy groups -OCH3 is 1. The number of aryl methyl sites for hydroxylation is 2. The number of nitrogens with zero attached hydrogens (tertiary/aromatic N) is 1. The Hall–Kier alpha value is -3.44. The summed E-state index contributed by atoms with van der Waals surface area (Å²) in [7, 11) is 1.56. The molecule has 1 fully saturated rings. The van der Waals surface area contributed by atoms with Gasteiger partial charge in [-0.3, -0.25) is 9.59 Å². The van der Waals surface area contributed by atoms with Gasteiger partial charge in [0.2, 0.25) is 0 Å². The van der Waals surface area contributed by atoms with Crippen LogP contribution in [0.3, 0.4) is 0 Å². The van der Waals surface area contributed by atoms with Gasteiger partial charge in [-0.2, -0.15) is 0 Å². The molecule has 1 heterocycles. The molecular weight excluding hydrogens is 390 g/mol. The highest BCUT2D eigenvalue weighted by Gasteiger charge is 2.46. The van der Waals surface area contributed by atoms with Gasteiger partial charge in [-0.25, -0.2) is 0 Å². The highest BCUT2D eigenvalue weighted by Crippen LogP contribution is 2.42. The summed E-state index contributed by atoms with van der Waals surface area (Å²) in [4.78, 5) is 27.7. The van der Waals surface area contributed by atoms with Gasteiger partial charge in [-0.15, -0.1) is 0 Å². The van der Waals surface area contributed by atoms with E-state index in [0.29, 0.717) is 5.56 Å². The molecule has 1 atom stereocenters. The highest BCUT2D eigenvalue weighted by atomic mass is 16.5. The molecule has 0 aliphatic carbocycles. The average Bonchev–Trinajstić information content (AvgIpc) is 3.03. The third-order valence-electron chi connectivity index (χ3n) is 5.84. The standard InChI is InChI=1S/C26H25NO4/c1-16-11-12-17(2)21(15-16)24(28)22-23(27(13-14-31-3)26(30)25(22)29)20-10-6-8-18-7-4-5-9-19(18)20/h4-12,15,23,28H,13-14H2,1-3H3/b24-22+. The molecule has 1 N–H and O–H groups in total. The lowest BCUT2D eigenvalue weighted by Gasteiger charge is -2.26. The Morgan fingerprint density at radius 1 is 1.03 bits per heavy atom. The van der Waals surface area contributed by atoms with Crippen molar-refractivity contribution < 1.29 is 19.4 Å². The van der Waals surface area contributed by atoms with Gasteiger partial charge in [0.1, 0.15) is 5.76 Å². The van der Waals surface area contributed by atoms with E-state index in [0.717, 1.165) is 27.5 Å². The summed E-state index contributed by atoms with van der Waals surface area (Å²) in [6.45, 7) is 4.34. The van der Waals surface area contributed by atoms with Crippen LogP contribution in [-0.2, 0) is 14.3 Å². The van der Waals surface area contributed by atoms with Crippen molar-refractivity contribution in [3.63, 3.8) is 0 Å². The molecule has 3 aromatic carbocycles. The summed E-state index contributed by atoms with van der Waals surface area (Å²) < 4.78 is 5.19. The molecule has 0 radical (unpaired) electrons. The van der Waals surface area contributed by atoms with Crippen molar-refractivity contribution in [2.45, 2.75) is 19.9 Å². The van der Waals surface area contributed by atoms with Crippen molar-refractivity contribution in [3.05, 3.63) is 88.5 Å². The largest absolute Gasteiger partial charge is 0.507 e. The molecule has 4 rings (SSSR count). The van der Waals surface area contributed by atoms with Crippen LogP contribution in [0.5, 0.6) is 0 Å². The number of hydrogen-bond donors (Lipinski definition) is 1. The third-order valence-corrected chi connectivity index (χ3v) is 5.84. The quantitative estimate of drug-likeness (QED) is 0.378. The number of hydrogen-bond acceptors (Lipinski definition) is 4. The Balaban J connectivity index is 1.99. The zero-order valence-corrected chi connectivity index (χ0v) is 17.9. The molecule has 0 bridgehead atoms. The van der Waals surface area contributed by atoms with Crippen LogP contribution in [0.1, 0.15) is 28.3 Å². The Morgan fingerprint density at radius 2 is 1.77 bits per heavy atom. The van der Waals surface area contributed by atoms with E-state index in [4.69, 9.17) is 4.74 Å². The molecule has 3 aromatic rings. The van der Waals surface area contributed by atoms with Crippen molar-refractivity contribution in [2.24, 2.45) is 0 Å². The number of ketones is 1. The van der Waals surface area contributed by atoms with E-state index >= 15 is 0 Å². The monoisotopic (exact) mass is 415 g/mol. The normalized spacial score (nSPS) is 18.2. The molecule has 1 unspecified atom stereocenters. The number of aliphatic hydroxyl groups excluding tert-OH is 1. The summed E-state index contributed by atoms with van der Waals surface area (Å²) in [5.41, 5.74) is 3.28. The predicted molar refractivity (Wildman–Crippen MR) is 121 cm³/mol. The van der Waals surface area contributed by atoms with Crippen LogP contribution in [0.25, 0.3) is 16.5 Å². The van der Waals surface area contributed by atoms with Crippen molar-refractivity contribution >= 4 is 28.2 Å². The lowest BCUT2D eigenvalue weighted by Crippen LogP contribution is -2.32. The number of Topliss-reactive ketones (excluding diaryl/α,β-unsaturated/α-hetero) is 1. The summed E-state index contributed by atoms with van der Waals surface area (Å²) in [5.74, 6) is -1.44. The first-order valence-corrected chi connectivity index (χ1v) is 10.3. The molecule has 0 spiro atoms. The number of ether oxygens (including phenoxy) is 1. The van der Waals surface area contributed by atoms with Gasteiger partial charge >= 0.3 is 0 Å². The SMILES string of the molecule is COCCN1C(=O)C(=O)/C(=C(/O)c2cc(C)ccc2C)C1c1cccc2ccccc12. The fourth-order valence-electron chi connectivity index (χ4n) is 4.25. The van der Waals surface area contributed by atoms with Crippen molar-refractivity contribution in [2.75, 3.05) is 20.3 Å². The van der Waals surface area contributed by atoms with Crippen molar-refractivity contribution in [3.8, 4) is 0 Å². The van der Waals surface area contributed by atoms with Gasteiger partial charge in [0.25, 0.3) is 11.7 Å². The van der Waals surface area contributed by atoms with Gasteiger partial charge in [0.05, 0.1) is 18.2 Å². The Morgan fingerprint density at radius 3 is 2.55 bits per heavy atom. The molecule has 31 heavy (non-hydrogen) atoms. The molecular formula is C26H25NO4. The summed E-state index contributed by atoms with van der Waals surface area (Å²) in [5, 5.41) is 13.2. The lowest BCUT2D eigenvalue weighted by atomic mass is 9.90. The van der Waals surface area contributed by atoms with E-state index in [1.54, 1.807) is 7.11 Å². The molecule has 1 aliphatic rings. The smallest absolute Gasteiger partial charge is 0.295 e. The zero-order chi connectivity index (χ0) is 22.1. The molecule has 1 aliphatic heterocycles. The average molecular weight is 415 g/mol. The van der Waals surface area contributed by atoms with E-state index in [-0.39, 0.29) is 24.5 Å². The Bertz CT molecular complexity index is 1210. The second-order valence-electron chi connectivity index (χ2n) is 7.87. The first kappa shape index (κ1) is 20.8. The maximum atomic E-state index is 13.2. The summed E-state index contributed by atoms with van der Waals surface area (Å²) in [6.07, 6.45) is 0. The van der Waals surface area contributed by atoms with E-state index < -0.39 is 17.7 Å². The number of carbonyl (C=O) groups excluding carboxylic acids is 2. The topological polar surface area (TPSA) is 66.8 Å². The minimum atomic E-state index is -0.693. The molecule has 5 heteroatoms. The first-order chi connectivity index (χ1) is 14.9. The number of benzene rings is 3. The van der Waals surface area contributed by atoms with Gasteiger partial charge in [-0.1, -0.05) is 60.2 Å².